The van der Waals surface area contributed by atoms with Crippen molar-refractivity contribution in [2.75, 3.05) is 13.7 Å². The van der Waals surface area contributed by atoms with Crippen LogP contribution in [-0.2, 0) is 6.54 Å². The third kappa shape index (κ3) is 3.68. The molecule has 108 valence electrons. The molecular formula is C15H13FN2O3. The van der Waals surface area contributed by atoms with E-state index in [2.05, 4.69) is 16.9 Å². The Kier molecular flexibility index (Phi) is 4.69. The molecule has 1 N–H and O–H groups in total. The fourth-order valence-electron chi connectivity index (χ4n) is 1.75. The molecule has 0 atom stereocenters. The predicted octanol–water partition coefficient (Wildman–Crippen LogP) is 0.783. The van der Waals surface area contributed by atoms with E-state index in [0.29, 0.717) is 17.0 Å². The molecule has 0 bridgehead atoms. The van der Waals surface area contributed by atoms with E-state index in [9.17, 15) is 9.18 Å². The molecule has 0 aliphatic rings. The second kappa shape index (κ2) is 6.68. The highest BCUT2D eigenvalue weighted by Crippen LogP contribution is 2.12. The quantitative estimate of drug-likeness (QED) is 0.848. The average molecular weight is 288 g/mol. The summed E-state index contributed by atoms with van der Waals surface area (Å²) in [6.45, 7) is -0.195. The van der Waals surface area contributed by atoms with Crippen molar-refractivity contribution in [3.05, 3.63) is 57.6 Å². The molecule has 0 saturated heterocycles. The normalized spacial score (nSPS) is 9.86. The first-order valence-corrected chi connectivity index (χ1v) is 6.14. The lowest BCUT2D eigenvalue weighted by atomic mass is 10.1. The van der Waals surface area contributed by atoms with Crippen molar-refractivity contribution >= 4 is 0 Å². The monoisotopic (exact) mass is 288 g/mol. The van der Waals surface area contributed by atoms with Crippen LogP contribution in [0.15, 0.2) is 35.1 Å². The highest BCUT2D eigenvalue weighted by molar-refractivity contribution is 5.41. The number of hydrogen-bond donors (Lipinski definition) is 1. The predicted molar refractivity (Wildman–Crippen MR) is 74.5 cm³/mol. The van der Waals surface area contributed by atoms with Crippen LogP contribution in [0.3, 0.4) is 0 Å². The van der Waals surface area contributed by atoms with Crippen LogP contribution in [0.4, 0.5) is 4.39 Å². The molecule has 0 fully saturated rings. The van der Waals surface area contributed by atoms with Gasteiger partial charge in [-0.15, -0.1) is 5.10 Å². The van der Waals surface area contributed by atoms with Gasteiger partial charge in [0.2, 0.25) is 5.88 Å². The average Bonchev–Trinajstić information content (AvgIpc) is 2.49. The van der Waals surface area contributed by atoms with Gasteiger partial charge in [0.15, 0.2) is 0 Å². The van der Waals surface area contributed by atoms with Crippen molar-refractivity contribution < 1.29 is 14.2 Å². The minimum absolute atomic E-state index is 0.131. The van der Waals surface area contributed by atoms with Gasteiger partial charge in [-0.3, -0.25) is 4.79 Å². The lowest BCUT2D eigenvalue weighted by Crippen LogP contribution is -2.23. The number of rotatable bonds is 3. The smallest absolute Gasteiger partial charge is 0.267 e. The zero-order valence-corrected chi connectivity index (χ0v) is 11.3. The van der Waals surface area contributed by atoms with E-state index in [-0.39, 0.29) is 18.7 Å². The van der Waals surface area contributed by atoms with Gasteiger partial charge in [0.1, 0.15) is 12.4 Å². The molecule has 6 heteroatoms. The number of aliphatic hydroxyl groups is 1. The molecule has 0 aliphatic heterocycles. The molecule has 0 radical (unpaired) electrons. The van der Waals surface area contributed by atoms with Gasteiger partial charge in [0.25, 0.3) is 5.56 Å². The molecule has 5 nitrogen and oxygen atoms in total. The van der Waals surface area contributed by atoms with Crippen molar-refractivity contribution in [3.63, 3.8) is 0 Å². The van der Waals surface area contributed by atoms with Gasteiger partial charge in [-0.1, -0.05) is 17.9 Å². The van der Waals surface area contributed by atoms with E-state index < -0.39 is 5.82 Å². The summed E-state index contributed by atoms with van der Waals surface area (Å²) in [4.78, 5) is 11.8. The molecule has 1 aromatic heterocycles. The number of nitrogens with zero attached hydrogens (tertiary/aromatic N) is 2. The summed E-state index contributed by atoms with van der Waals surface area (Å²) >= 11 is 0. The maximum atomic E-state index is 13.3. The van der Waals surface area contributed by atoms with Crippen molar-refractivity contribution in [2.45, 2.75) is 6.54 Å². The van der Waals surface area contributed by atoms with Crippen molar-refractivity contribution in [1.82, 2.24) is 9.78 Å². The Balaban J connectivity index is 2.42. The molecule has 0 amide bonds. The topological polar surface area (TPSA) is 64.3 Å². The van der Waals surface area contributed by atoms with Crippen LogP contribution in [-0.4, -0.2) is 28.6 Å². The molecule has 0 saturated carbocycles. The van der Waals surface area contributed by atoms with Gasteiger partial charge in [-0.05, 0) is 17.7 Å². The van der Waals surface area contributed by atoms with E-state index in [1.165, 1.54) is 42.1 Å². The third-order valence-electron chi connectivity index (χ3n) is 2.75. The van der Waals surface area contributed by atoms with Gasteiger partial charge < -0.3 is 9.84 Å². The summed E-state index contributed by atoms with van der Waals surface area (Å²) in [7, 11) is 1.45. The summed E-state index contributed by atoms with van der Waals surface area (Å²) in [5.41, 5.74) is 0.724. The molecular weight excluding hydrogens is 275 g/mol. The number of methoxy groups -OCH3 is 1. The largest absolute Gasteiger partial charge is 0.480 e. The highest BCUT2D eigenvalue weighted by Gasteiger charge is 2.06. The SMILES string of the molecule is COc1ccc(=O)n(Cc2ccc(F)cc2C#CCO)n1. The molecule has 21 heavy (non-hydrogen) atoms. The minimum atomic E-state index is -0.438. The Morgan fingerprint density at radius 1 is 1.38 bits per heavy atom. The molecule has 1 aromatic carbocycles. The van der Waals surface area contributed by atoms with Gasteiger partial charge in [0, 0.05) is 17.7 Å². The summed E-state index contributed by atoms with van der Waals surface area (Å²) < 4.78 is 19.5. The maximum absolute atomic E-state index is 13.3. The van der Waals surface area contributed by atoms with Crippen molar-refractivity contribution in [2.24, 2.45) is 0 Å². The van der Waals surface area contributed by atoms with Crippen LogP contribution in [0, 0.1) is 17.7 Å². The standard InChI is InChI=1S/C15H13FN2O3/c1-21-14-6-7-15(20)18(17-14)10-12-4-5-13(16)9-11(12)3-2-8-19/h4-7,9,19H,8,10H2,1H3. The maximum Gasteiger partial charge on any atom is 0.267 e. The highest BCUT2D eigenvalue weighted by atomic mass is 19.1. The van der Waals surface area contributed by atoms with Gasteiger partial charge in [0.05, 0.1) is 13.7 Å². The summed E-state index contributed by atoms with van der Waals surface area (Å²) in [6, 6.07) is 6.88. The van der Waals surface area contributed by atoms with Crippen LogP contribution in [0.1, 0.15) is 11.1 Å². The lowest BCUT2D eigenvalue weighted by molar-refractivity contribution is 0.350. The number of aromatic nitrogens is 2. The van der Waals surface area contributed by atoms with E-state index >= 15 is 0 Å². The van der Waals surface area contributed by atoms with Crippen LogP contribution in [0.2, 0.25) is 0 Å². The van der Waals surface area contributed by atoms with Crippen LogP contribution < -0.4 is 10.3 Å². The Labute approximate surface area is 120 Å². The van der Waals surface area contributed by atoms with Crippen LogP contribution in [0.25, 0.3) is 0 Å². The fraction of sp³-hybridized carbons (Fsp3) is 0.200. The molecule has 0 unspecified atom stereocenters. The van der Waals surface area contributed by atoms with Gasteiger partial charge in [-0.2, -0.15) is 0 Å². The molecule has 2 rings (SSSR count). The Morgan fingerprint density at radius 3 is 2.90 bits per heavy atom. The first-order chi connectivity index (χ1) is 10.1. The van der Waals surface area contributed by atoms with Crippen LogP contribution >= 0.6 is 0 Å². The molecule has 0 spiro atoms. The Bertz CT molecular complexity index is 759. The molecule has 0 aliphatic carbocycles. The number of hydrogen-bond acceptors (Lipinski definition) is 4. The second-order valence-corrected chi connectivity index (χ2v) is 4.13. The van der Waals surface area contributed by atoms with E-state index in [0.717, 1.165) is 0 Å². The van der Waals surface area contributed by atoms with Crippen molar-refractivity contribution in [3.8, 4) is 17.7 Å². The van der Waals surface area contributed by atoms with E-state index in [1.54, 1.807) is 0 Å². The zero-order chi connectivity index (χ0) is 15.2. The van der Waals surface area contributed by atoms with Gasteiger partial charge in [-0.25, -0.2) is 9.07 Å². The summed E-state index contributed by atoms with van der Waals surface area (Å²) in [5.74, 6) is 4.99. The fourth-order valence-corrected chi connectivity index (χ4v) is 1.75. The number of halogens is 1. The Morgan fingerprint density at radius 2 is 2.19 bits per heavy atom. The number of aliphatic hydroxyl groups excluding tert-OH is 1. The van der Waals surface area contributed by atoms with Crippen LogP contribution in [0.5, 0.6) is 5.88 Å². The van der Waals surface area contributed by atoms with E-state index in [1.807, 2.05) is 0 Å². The van der Waals surface area contributed by atoms with Crippen molar-refractivity contribution in [1.29, 1.82) is 0 Å². The third-order valence-corrected chi connectivity index (χ3v) is 2.75. The summed E-state index contributed by atoms with van der Waals surface area (Å²) in [5, 5.41) is 12.8. The first kappa shape index (κ1) is 14.8. The lowest BCUT2D eigenvalue weighted by Gasteiger charge is -2.08. The minimum Gasteiger partial charge on any atom is -0.480 e. The zero-order valence-electron chi connectivity index (χ0n) is 11.3. The molecule has 1 heterocycles. The number of ether oxygens (including phenoxy) is 1. The van der Waals surface area contributed by atoms with E-state index in [4.69, 9.17) is 9.84 Å². The summed E-state index contributed by atoms with van der Waals surface area (Å²) in [6.07, 6.45) is 0. The Hall–Kier alpha value is -2.65. The first-order valence-electron chi connectivity index (χ1n) is 6.14. The second-order valence-electron chi connectivity index (χ2n) is 4.13. The van der Waals surface area contributed by atoms with Gasteiger partial charge >= 0.3 is 0 Å². The number of benzene rings is 1. The molecule has 2 aromatic rings.